The van der Waals surface area contributed by atoms with E-state index in [1.807, 2.05) is 0 Å². The van der Waals surface area contributed by atoms with Crippen molar-refractivity contribution in [3.8, 4) is 45.4 Å². The number of aromatic nitrogens is 4. The molecule has 2 aromatic heterocycles. The van der Waals surface area contributed by atoms with Gasteiger partial charge in [-0.1, -0.05) is 164 Å². The van der Waals surface area contributed by atoms with E-state index in [4.69, 9.17) is 19.9 Å². The predicted octanol–water partition coefficient (Wildman–Crippen LogP) is 11.7. The Labute approximate surface area is 288 Å². The van der Waals surface area contributed by atoms with Crippen molar-refractivity contribution in [1.82, 2.24) is 19.9 Å². The van der Waals surface area contributed by atoms with Crippen LogP contribution in [-0.2, 0) is 0 Å². The number of rotatable bonds is 4. The number of para-hydroxylation sites is 1. The summed E-state index contributed by atoms with van der Waals surface area (Å²) < 4.78 is 0. The minimum absolute atomic E-state index is 0.625. The number of fused-ring (bicyclic) bond motifs is 7. The number of pyridine rings is 1. The van der Waals surface area contributed by atoms with Crippen molar-refractivity contribution in [2.45, 2.75) is 0 Å². The average Bonchev–Trinajstić information content (AvgIpc) is 3.19. The summed E-state index contributed by atoms with van der Waals surface area (Å²) in [6, 6.07) is 59.2. The summed E-state index contributed by atoms with van der Waals surface area (Å²) in [6.45, 7) is 0. The average molecular weight is 637 g/mol. The molecule has 0 amide bonds. The monoisotopic (exact) mass is 636 g/mol. The van der Waals surface area contributed by atoms with E-state index < -0.39 is 0 Å². The molecule has 0 atom stereocenters. The summed E-state index contributed by atoms with van der Waals surface area (Å²) in [7, 11) is 0. The number of nitrogens with zero attached hydrogens (tertiary/aromatic N) is 4. The lowest BCUT2D eigenvalue weighted by atomic mass is 9.95. The highest BCUT2D eigenvalue weighted by molar-refractivity contribution is 6.22. The van der Waals surface area contributed by atoms with Crippen LogP contribution >= 0.6 is 0 Å². The Kier molecular flexibility index (Phi) is 6.46. The fourth-order valence-corrected chi connectivity index (χ4v) is 7.31. The number of benzene rings is 8. The Hall–Kier alpha value is -6.78. The summed E-state index contributed by atoms with van der Waals surface area (Å²) in [5.41, 5.74) is 5.84. The van der Waals surface area contributed by atoms with E-state index in [0.717, 1.165) is 65.8 Å². The van der Waals surface area contributed by atoms with Gasteiger partial charge in [-0.05, 0) is 38.4 Å². The van der Waals surface area contributed by atoms with Crippen molar-refractivity contribution in [2.24, 2.45) is 0 Å². The number of hydrogen-bond donors (Lipinski definition) is 0. The molecule has 10 rings (SSSR count). The van der Waals surface area contributed by atoms with Crippen LogP contribution < -0.4 is 0 Å². The lowest BCUT2D eigenvalue weighted by molar-refractivity contribution is 1.08. The van der Waals surface area contributed by atoms with Gasteiger partial charge in [-0.3, -0.25) is 0 Å². The Morgan fingerprint density at radius 1 is 0.280 bits per heavy atom. The predicted molar refractivity (Wildman–Crippen MR) is 207 cm³/mol. The second kappa shape index (κ2) is 11.4. The molecule has 50 heavy (non-hydrogen) atoms. The molecular weight excluding hydrogens is 609 g/mol. The van der Waals surface area contributed by atoms with Crippen molar-refractivity contribution in [3.05, 3.63) is 170 Å². The summed E-state index contributed by atoms with van der Waals surface area (Å²) >= 11 is 0. The van der Waals surface area contributed by atoms with Crippen LogP contribution in [0.25, 0.3) is 99.4 Å². The Morgan fingerprint density at radius 3 is 1.40 bits per heavy atom. The maximum atomic E-state index is 5.21. The molecule has 232 valence electrons. The molecule has 0 saturated carbocycles. The molecule has 0 spiro atoms. The molecular formula is C46H28N4. The zero-order valence-electron chi connectivity index (χ0n) is 27.0. The van der Waals surface area contributed by atoms with E-state index in [1.54, 1.807) is 0 Å². The number of hydrogen-bond acceptors (Lipinski definition) is 4. The molecule has 0 aliphatic carbocycles. The normalized spacial score (nSPS) is 11.6. The van der Waals surface area contributed by atoms with Crippen molar-refractivity contribution < 1.29 is 0 Å². The Morgan fingerprint density at radius 2 is 0.760 bits per heavy atom. The minimum atomic E-state index is 0.625. The van der Waals surface area contributed by atoms with E-state index in [-0.39, 0.29) is 0 Å². The molecule has 10 aromatic rings. The van der Waals surface area contributed by atoms with Crippen LogP contribution in [0.1, 0.15) is 0 Å². The Bertz CT molecular complexity index is 2810. The van der Waals surface area contributed by atoms with Crippen LogP contribution in [0, 0.1) is 0 Å². The molecule has 0 N–H and O–H groups in total. The van der Waals surface area contributed by atoms with Crippen molar-refractivity contribution in [3.63, 3.8) is 0 Å². The molecule has 0 aliphatic rings. The first-order valence-corrected chi connectivity index (χ1v) is 16.8. The van der Waals surface area contributed by atoms with Gasteiger partial charge in [-0.25, -0.2) is 19.9 Å². The highest BCUT2D eigenvalue weighted by Crippen LogP contribution is 2.38. The quantitative estimate of drug-likeness (QED) is 0.180. The fourth-order valence-electron chi connectivity index (χ4n) is 7.31. The van der Waals surface area contributed by atoms with Gasteiger partial charge in [0, 0.05) is 38.4 Å². The third-order valence-corrected chi connectivity index (χ3v) is 9.70. The summed E-state index contributed by atoms with van der Waals surface area (Å²) in [4.78, 5) is 20.6. The minimum Gasteiger partial charge on any atom is -0.247 e. The third kappa shape index (κ3) is 4.61. The molecule has 0 fully saturated rings. The van der Waals surface area contributed by atoms with Gasteiger partial charge < -0.3 is 0 Å². The van der Waals surface area contributed by atoms with Gasteiger partial charge >= 0.3 is 0 Å². The fraction of sp³-hybridized carbons (Fsp3) is 0. The molecule has 4 nitrogen and oxygen atoms in total. The van der Waals surface area contributed by atoms with Gasteiger partial charge in [0.05, 0.1) is 11.2 Å². The molecule has 0 bridgehead atoms. The second-order valence-electron chi connectivity index (χ2n) is 12.6. The topological polar surface area (TPSA) is 51.6 Å². The van der Waals surface area contributed by atoms with Crippen LogP contribution in [0.15, 0.2) is 170 Å². The molecule has 2 heterocycles. The van der Waals surface area contributed by atoms with Crippen LogP contribution in [0.3, 0.4) is 0 Å². The first kappa shape index (κ1) is 28.3. The zero-order valence-corrected chi connectivity index (χ0v) is 27.0. The van der Waals surface area contributed by atoms with E-state index in [0.29, 0.717) is 17.5 Å². The van der Waals surface area contributed by atoms with Crippen molar-refractivity contribution >= 4 is 54.0 Å². The lowest BCUT2D eigenvalue weighted by Crippen LogP contribution is -2.01. The first-order valence-electron chi connectivity index (χ1n) is 16.8. The maximum absolute atomic E-state index is 5.21. The standard InChI is InChI=1S/C46H28N4/c1-4-16-34-29(11-1)14-9-20-37(34)45-48-44(49-46(50-45)38-21-10-15-30-12-2-5-17-35(30)38)33-25-23-32(24-26-33)43-40-28-27-31-13-3-6-18-36(31)42(40)39-19-7-8-22-41(39)47-43/h1-28H. The molecule has 4 heteroatoms. The van der Waals surface area contributed by atoms with E-state index in [2.05, 4.69) is 170 Å². The van der Waals surface area contributed by atoms with Crippen LogP contribution in [0.2, 0.25) is 0 Å². The zero-order chi connectivity index (χ0) is 33.0. The summed E-state index contributed by atoms with van der Waals surface area (Å²) in [5.74, 6) is 1.92. The molecule has 0 unspecified atom stereocenters. The van der Waals surface area contributed by atoms with E-state index in [9.17, 15) is 0 Å². The second-order valence-corrected chi connectivity index (χ2v) is 12.6. The maximum Gasteiger partial charge on any atom is 0.164 e. The van der Waals surface area contributed by atoms with Crippen molar-refractivity contribution in [2.75, 3.05) is 0 Å². The van der Waals surface area contributed by atoms with Crippen LogP contribution in [-0.4, -0.2) is 19.9 Å². The Balaban J connectivity index is 1.16. The molecule has 0 aliphatic heterocycles. The molecule has 0 saturated heterocycles. The largest absolute Gasteiger partial charge is 0.247 e. The highest BCUT2D eigenvalue weighted by Gasteiger charge is 2.17. The highest BCUT2D eigenvalue weighted by atomic mass is 15.0. The van der Waals surface area contributed by atoms with Gasteiger partial charge in [-0.15, -0.1) is 0 Å². The van der Waals surface area contributed by atoms with Crippen LogP contribution in [0.4, 0.5) is 0 Å². The van der Waals surface area contributed by atoms with Gasteiger partial charge in [0.1, 0.15) is 0 Å². The first-order chi connectivity index (χ1) is 24.8. The summed E-state index contributed by atoms with van der Waals surface area (Å²) in [6.07, 6.45) is 0. The van der Waals surface area contributed by atoms with E-state index in [1.165, 1.54) is 16.2 Å². The molecule has 8 aromatic carbocycles. The third-order valence-electron chi connectivity index (χ3n) is 9.70. The SMILES string of the molecule is c1ccc2c(-c3nc(-c4ccc(-c5nc6ccccc6c6c5ccc5ccccc56)cc4)nc(-c4cccc5ccccc45)n3)cccc2c1. The smallest absolute Gasteiger partial charge is 0.164 e. The summed E-state index contributed by atoms with van der Waals surface area (Å²) in [5, 5.41) is 10.5. The van der Waals surface area contributed by atoms with Gasteiger partial charge in [0.25, 0.3) is 0 Å². The van der Waals surface area contributed by atoms with Gasteiger partial charge in [0.2, 0.25) is 0 Å². The van der Waals surface area contributed by atoms with Gasteiger partial charge in [0.15, 0.2) is 17.5 Å². The molecule has 0 radical (unpaired) electrons. The van der Waals surface area contributed by atoms with Crippen molar-refractivity contribution in [1.29, 1.82) is 0 Å². The van der Waals surface area contributed by atoms with Gasteiger partial charge in [-0.2, -0.15) is 0 Å². The lowest BCUT2D eigenvalue weighted by Gasteiger charge is -2.13. The van der Waals surface area contributed by atoms with E-state index >= 15 is 0 Å². The van der Waals surface area contributed by atoms with Crippen LogP contribution in [0.5, 0.6) is 0 Å².